The Morgan fingerprint density at radius 1 is 1.33 bits per heavy atom. The van der Waals surface area contributed by atoms with Crippen molar-refractivity contribution in [2.24, 2.45) is 0 Å². The summed E-state index contributed by atoms with van der Waals surface area (Å²) < 4.78 is 4.57. The van der Waals surface area contributed by atoms with E-state index in [0.29, 0.717) is 11.3 Å². The molecule has 0 aliphatic rings. The van der Waals surface area contributed by atoms with Crippen LogP contribution in [-0.4, -0.2) is 29.9 Å². The normalized spacial score (nSPS) is 9.67. The molecule has 0 saturated carbocycles. The first-order valence-electron chi connectivity index (χ1n) is 5.14. The van der Waals surface area contributed by atoms with Crippen molar-refractivity contribution in [3.63, 3.8) is 0 Å². The van der Waals surface area contributed by atoms with Gasteiger partial charge in [-0.05, 0) is 18.2 Å². The van der Waals surface area contributed by atoms with Crippen LogP contribution >= 0.6 is 11.8 Å². The highest BCUT2D eigenvalue weighted by atomic mass is 32.2. The van der Waals surface area contributed by atoms with Crippen LogP contribution in [0, 0.1) is 0 Å². The molecule has 0 bridgehead atoms. The number of esters is 1. The molecule has 1 aromatic carbocycles. The van der Waals surface area contributed by atoms with Crippen LogP contribution in [0.15, 0.2) is 24.3 Å². The molecule has 1 aromatic rings. The van der Waals surface area contributed by atoms with Crippen molar-refractivity contribution in [1.29, 1.82) is 0 Å². The average Bonchev–Trinajstić information content (AvgIpc) is 2.35. The Hall–Kier alpha value is -1.82. The summed E-state index contributed by atoms with van der Waals surface area (Å²) >= 11 is 0.931. The highest BCUT2D eigenvalue weighted by molar-refractivity contribution is 8.14. The van der Waals surface area contributed by atoms with Crippen molar-refractivity contribution in [1.82, 2.24) is 0 Å². The number of carbonyl (C=O) groups excluding carboxylic acids is 3. The Balaban J connectivity index is 2.64. The molecule has 18 heavy (non-hydrogen) atoms. The van der Waals surface area contributed by atoms with Crippen LogP contribution < -0.4 is 5.32 Å². The van der Waals surface area contributed by atoms with E-state index >= 15 is 0 Å². The minimum absolute atomic E-state index is 0.0534. The summed E-state index contributed by atoms with van der Waals surface area (Å²) in [6.45, 7) is 1.40. The number of hydrogen-bond acceptors (Lipinski definition) is 5. The number of carbonyl (C=O) groups is 3. The second-order valence-electron chi connectivity index (χ2n) is 3.40. The maximum Gasteiger partial charge on any atom is 0.337 e. The number of ether oxygens (including phenoxy) is 1. The summed E-state index contributed by atoms with van der Waals surface area (Å²) in [5.74, 6) is -0.709. The quantitative estimate of drug-likeness (QED) is 0.840. The van der Waals surface area contributed by atoms with Gasteiger partial charge in [-0.25, -0.2) is 4.79 Å². The van der Waals surface area contributed by atoms with Gasteiger partial charge >= 0.3 is 5.97 Å². The summed E-state index contributed by atoms with van der Waals surface area (Å²) in [5.41, 5.74) is 0.849. The first kappa shape index (κ1) is 14.2. The van der Waals surface area contributed by atoms with Crippen molar-refractivity contribution in [2.45, 2.75) is 6.92 Å². The first-order chi connectivity index (χ1) is 8.52. The summed E-state index contributed by atoms with van der Waals surface area (Å²) in [6, 6.07) is 6.40. The fourth-order valence-electron chi connectivity index (χ4n) is 1.21. The molecule has 0 spiro atoms. The molecule has 96 valence electrons. The highest BCUT2D eigenvalue weighted by Crippen LogP contribution is 2.12. The predicted molar refractivity (Wildman–Crippen MR) is 69.6 cm³/mol. The molecule has 0 aliphatic heterocycles. The van der Waals surface area contributed by atoms with Crippen LogP contribution in [-0.2, 0) is 14.3 Å². The van der Waals surface area contributed by atoms with Gasteiger partial charge in [0.2, 0.25) is 5.91 Å². The smallest absolute Gasteiger partial charge is 0.337 e. The third-order valence-electron chi connectivity index (χ3n) is 1.97. The average molecular weight is 267 g/mol. The van der Waals surface area contributed by atoms with E-state index in [9.17, 15) is 14.4 Å². The maximum atomic E-state index is 11.5. The van der Waals surface area contributed by atoms with E-state index in [4.69, 9.17) is 0 Å². The second-order valence-corrected chi connectivity index (χ2v) is 4.55. The van der Waals surface area contributed by atoms with Gasteiger partial charge in [0.15, 0.2) is 5.12 Å². The number of methoxy groups -OCH3 is 1. The molecule has 6 heteroatoms. The molecule has 5 nitrogen and oxygen atoms in total. The predicted octanol–water partition coefficient (Wildman–Crippen LogP) is 1.69. The van der Waals surface area contributed by atoms with E-state index in [0.717, 1.165) is 11.8 Å². The minimum atomic E-state index is -0.468. The molecule has 0 radical (unpaired) electrons. The molecule has 0 heterocycles. The van der Waals surface area contributed by atoms with Crippen LogP contribution in [0.2, 0.25) is 0 Å². The van der Waals surface area contributed by atoms with Crippen LogP contribution in [0.4, 0.5) is 5.69 Å². The summed E-state index contributed by atoms with van der Waals surface area (Å²) in [4.78, 5) is 33.5. The summed E-state index contributed by atoms with van der Waals surface area (Å²) in [7, 11) is 1.29. The van der Waals surface area contributed by atoms with Crippen molar-refractivity contribution in [3.05, 3.63) is 29.8 Å². The molecule has 0 aliphatic carbocycles. The van der Waals surface area contributed by atoms with E-state index in [1.807, 2.05) is 0 Å². The Kier molecular flexibility index (Phi) is 5.38. The Morgan fingerprint density at radius 3 is 2.67 bits per heavy atom. The van der Waals surface area contributed by atoms with Crippen molar-refractivity contribution >= 4 is 34.4 Å². The molecule has 1 rings (SSSR count). The van der Waals surface area contributed by atoms with Gasteiger partial charge in [0.05, 0.1) is 18.4 Å². The number of hydrogen-bond donors (Lipinski definition) is 1. The number of anilines is 1. The lowest BCUT2D eigenvalue weighted by Crippen LogP contribution is -2.15. The van der Waals surface area contributed by atoms with Crippen LogP contribution in [0.25, 0.3) is 0 Å². The number of benzene rings is 1. The molecule has 0 atom stereocenters. The zero-order chi connectivity index (χ0) is 13.5. The van der Waals surface area contributed by atoms with E-state index < -0.39 is 5.97 Å². The molecular formula is C12H13NO4S. The molecule has 0 fully saturated rings. The maximum absolute atomic E-state index is 11.5. The van der Waals surface area contributed by atoms with Gasteiger partial charge in [0.25, 0.3) is 0 Å². The van der Waals surface area contributed by atoms with Crippen molar-refractivity contribution in [2.75, 3.05) is 18.2 Å². The zero-order valence-electron chi connectivity index (χ0n) is 10.1. The number of nitrogens with one attached hydrogen (secondary N) is 1. The molecule has 0 saturated heterocycles. The van der Waals surface area contributed by atoms with Gasteiger partial charge in [0, 0.05) is 12.6 Å². The molecular weight excluding hydrogens is 254 g/mol. The lowest BCUT2D eigenvalue weighted by Gasteiger charge is -2.05. The molecule has 1 amide bonds. The van der Waals surface area contributed by atoms with Gasteiger partial charge in [-0.15, -0.1) is 0 Å². The molecule has 0 unspecified atom stereocenters. The molecule has 0 aromatic heterocycles. The van der Waals surface area contributed by atoms with Gasteiger partial charge < -0.3 is 10.1 Å². The lowest BCUT2D eigenvalue weighted by atomic mass is 10.2. The van der Waals surface area contributed by atoms with Gasteiger partial charge in [0.1, 0.15) is 0 Å². The Morgan fingerprint density at radius 2 is 2.06 bits per heavy atom. The monoisotopic (exact) mass is 267 g/mol. The van der Waals surface area contributed by atoms with E-state index in [1.165, 1.54) is 20.1 Å². The zero-order valence-corrected chi connectivity index (χ0v) is 10.9. The van der Waals surface area contributed by atoms with Crippen molar-refractivity contribution in [3.8, 4) is 0 Å². The fraction of sp³-hybridized carbons (Fsp3) is 0.250. The SMILES string of the molecule is COC(=O)c1cccc(NC(=O)CSC(C)=O)c1. The van der Waals surface area contributed by atoms with E-state index in [-0.39, 0.29) is 16.8 Å². The van der Waals surface area contributed by atoms with E-state index in [2.05, 4.69) is 10.1 Å². The van der Waals surface area contributed by atoms with Crippen LogP contribution in [0.3, 0.4) is 0 Å². The Bertz CT molecular complexity index is 473. The summed E-state index contributed by atoms with van der Waals surface area (Å²) in [6.07, 6.45) is 0. The van der Waals surface area contributed by atoms with Crippen molar-refractivity contribution < 1.29 is 19.1 Å². The van der Waals surface area contributed by atoms with Gasteiger partial charge in [-0.2, -0.15) is 0 Å². The largest absolute Gasteiger partial charge is 0.465 e. The highest BCUT2D eigenvalue weighted by Gasteiger charge is 2.08. The topological polar surface area (TPSA) is 72.5 Å². The third kappa shape index (κ3) is 4.58. The minimum Gasteiger partial charge on any atom is -0.465 e. The summed E-state index contributed by atoms with van der Waals surface area (Å²) in [5, 5.41) is 2.48. The second kappa shape index (κ2) is 6.80. The third-order valence-corrected chi connectivity index (χ3v) is 2.79. The lowest BCUT2D eigenvalue weighted by molar-refractivity contribution is -0.114. The standard InChI is InChI=1S/C12H13NO4S/c1-8(14)18-7-11(15)13-10-5-3-4-9(6-10)12(16)17-2/h3-6H,7H2,1-2H3,(H,13,15). The van der Waals surface area contributed by atoms with Gasteiger partial charge in [-0.1, -0.05) is 17.8 Å². The van der Waals surface area contributed by atoms with Crippen LogP contribution in [0.1, 0.15) is 17.3 Å². The number of amides is 1. The Labute approximate surface area is 109 Å². The number of rotatable bonds is 4. The molecule has 1 N–H and O–H groups in total. The van der Waals surface area contributed by atoms with E-state index in [1.54, 1.807) is 18.2 Å². The fourth-order valence-corrected chi connectivity index (χ4v) is 1.61. The van der Waals surface area contributed by atoms with Crippen LogP contribution in [0.5, 0.6) is 0 Å². The number of thioether (sulfide) groups is 1. The first-order valence-corrected chi connectivity index (χ1v) is 6.13. The van der Waals surface area contributed by atoms with Gasteiger partial charge in [-0.3, -0.25) is 9.59 Å².